The van der Waals surface area contributed by atoms with Crippen molar-refractivity contribution >= 4 is 39.0 Å². The number of carbonyl (C=O) groups excluding carboxylic acids is 1. The largest absolute Gasteiger partial charge is 0.504 e. The number of phenols is 2. The van der Waals surface area contributed by atoms with Crippen molar-refractivity contribution in [1.29, 1.82) is 0 Å². The summed E-state index contributed by atoms with van der Waals surface area (Å²) in [5.41, 5.74) is 1.19. The summed E-state index contributed by atoms with van der Waals surface area (Å²) in [4.78, 5) is 19.7. The molecule has 3 aliphatic carbocycles. The first-order chi connectivity index (χ1) is 29.0. The first kappa shape index (κ1) is 46.4. The maximum absolute atomic E-state index is 15.1. The van der Waals surface area contributed by atoms with Crippen molar-refractivity contribution < 1.29 is 34.3 Å². The van der Waals surface area contributed by atoms with Crippen LogP contribution in [0.25, 0.3) is 0 Å². The Morgan fingerprint density at radius 1 is 1.02 bits per heavy atom. The van der Waals surface area contributed by atoms with E-state index >= 15 is 4.79 Å². The average molecular weight is 867 g/mol. The number of unbranched alkanes of at least 4 members (excludes halogenated alkanes) is 2. The second kappa shape index (κ2) is 21.3. The summed E-state index contributed by atoms with van der Waals surface area (Å²) < 4.78 is 17.8. The van der Waals surface area contributed by atoms with Gasteiger partial charge in [-0.1, -0.05) is 79.2 Å². The Morgan fingerprint density at radius 3 is 2.57 bits per heavy atom. The molecule has 4 aliphatic rings. The number of nitrogens with zero attached hydrogens (tertiary/aromatic N) is 1. The lowest BCUT2D eigenvalue weighted by atomic mass is 9.66. The van der Waals surface area contributed by atoms with E-state index in [9.17, 15) is 15.3 Å². The number of likely N-dealkylation sites (N-methyl/N-ethyl adjacent to an activating group) is 1. The van der Waals surface area contributed by atoms with Crippen LogP contribution >= 0.6 is 21.6 Å². The summed E-state index contributed by atoms with van der Waals surface area (Å²) in [6.45, 7) is 2.82. The van der Waals surface area contributed by atoms with Crippen molar-refractivity contribution in [2.45, 2.75) is 127 Å². The number of ketones is 1. The Hall–Kier alpha value is -3.10. The highest BCUT2D eigenvalue weighted by atomic mass is 33.1. The molecule has 0 aromatic heterocycles. The van der Waals surface area contributed by atoms with Gasteiger partial charge in [-0.05, 0) is 124 Å². The molecule has 6 rings (SSSR count). The molecule has 0 unspecified atom stereocenters. The molecule has 2 bridgehead atoms. The highest BCUT2D eigenvalue weighted by Gasteiger charge is 2.49. The minimum atomic E-state index is -0.828. The van der Waals surface area contributed by atoms with Gasteiger partial charge < -0.3 is 45.5 Å². The number of aromatic hydroxyl groups is 2. The predicted molar refractivity (Wildman–Crippen MR) is 245 cm³/mol. The Labute approximate surface area is 366 Å². The molecule has 60 heavy (non-hydrogen) atoms. The topological polar surface area (TPSA) is 154 Å². The van der Waals surface area contributed by atoms with Crippen LogP contribution in [-0.2, 0) is 21.4 Å². The van der Waals surface area contributed by atoms with E-state index < -0.39 is 17.3 Å². The van der Waals surface area contributed by atoms with Gasteiger partial charge in [0, 0.05) is 43.7 Å². The van der Waals surface area contributed by atoms with Crippen molar-refractivity contribution in [3.63, 3.8) is 0 Å². The van der Waals surface area contributed by atoms with E-state index in [2.05, 4.69) is 46.1 Å². The van der Waals surface area contributed by atoms with Crippen molar-refractivity contribution in [3.8, 4) is 23.0 Å². The third-order valence-corrected chi connectivity index (χ3v) is 16.3. The number of hydrogen-bond acceptors (Lipinski definition) is 11. The van der Waals surface area contributed by atoms with Crippen LogP contribution in [0, 0.1) is 23.2 Å². The van der Waals surface area contributed by atoms with E-state index in [0.29, 0.717) is 54.8 Å². The number of aliphatic hydroxyl groups excluding tert-OH is 1. The third-order valence-electron chi connectivity index (χ3n) is 14.1. The second-order valence-electron chi connectivity index (χ2n) is 17.8. The molecule has 0 radical (unpaired) electrons. The number of methoxy groups -OCH3 is 2. The number of anilines is 1. The zero-order valence-corrected chi connectivity index (χ0v) is 38.2. The number of guanidine groups is 1. The summed E-state index contributed by atoms with van der Waals surface area (Å²) in [6.07, 6.45) is 18.0. The van der Waals surface area contributed by atoms with Crippen LogP contribution < -0.4 is 25.4 Å². The van der Waals surface area contributed by atoms with Gasteiger partial charge in [-0.3, -0.25) is 9.79 Å². The van der Waals surface area contributed by atoms with E-state index in [1.807, 2.05) is 25.3 Å². The fraction of sp³-hybridized carbons (Fsp3) is 0.660. The highest BCUT2D eigenvalue weighted by Crippen LogP contribution is 2.54. The summed E-state index contributed by atoms with van der Waals surface area (Å²) in [5, 5.41) is 43.2. The molecule has 3 fully saturated rings. The molecule has 11 nitrogen and oxygen atoms in total. The van der Waals surface area contributed by atoms with Gasteiger partial charge >= 0.3 is 0 Å². The van der Waals surface area contributed by atoms with Gasteiger partial charge in [0.1, 0.15) is 5.60 Å². The predicted octanol–water partition coefficient (Wildman–Crippen LogP) is 9.10. The van der Waals surface area contributed by atoms with Crippen LogP contribution in [0.2, 0.25) is 0 Å². The lowest BCUT2D eigenvalue weighted by Gasteiger charge is -2.39. The van der Waals surface area contributed by atoms with Gasteiger partial charge in [-0.25, -0.2) is 0 Å². The Balaban J connectivity index is 1.45. The number of allylic oxidation sites excluding steroid dienone is 2. The minimum absolute atomic E-state index is 0.0412. The molecule has 1 aliphatic heterocycles. The SMILES string of the molecule is CCCCC[C@@H]1/C=C\C(=O)[C@@]2(Cc3ccc(O)c(OC)c3)CCC[C@H]2CSSCNC(=NC)Nc2cc(cc(O[C@]3(CNC)CC[C@@H](C[C@H](O)OC)C3)c2O)C12CCCC2. The zero-order valence-electron chi connectivity index (χ0n) is 36.5. The number of hydrogen-bond donors (Lipinski definition) is 6. The zero-order chi connectivity index (χ0) is 42.8. The third kappa shape index (κ3) is 10.6. The second-order valence-corrected chi connectivity index (χ2v) is 20.3. The quantitative estimate of drug-likeness (QED) is 0.0465. The summed E-state index contributed by atoms with van der Waals surface area (Å²) >= 11 is 0. The van der Waals surface area contributed by atoms with E-state index in [1.54, 1.807) is 41.8 Å². The standard InChI is InChI=1S/C47H70N4O7S2/c1-6-7-8-12-34-15-17-41(53)47(28-32-14-16-38(52)39(23-32)56-4)21-11-13-35(47)29-59-60-31-50-44(49-3)51-37-25-36(46(34)19-9-10-20-46)26-40(43(37)55)58-45(30-48-2)22-18-33(27-45)24-42(54)57-5/h14-17,23,25-26,33-35,42,48,52,54-55H,6-13,18-22,24,27-31H2,1-5H3,(H2,49,50,51)/b17-15-/t33-,34+,35-,42+,45+,47+/m0/s1. The number of phenolic OH excluding ortho intramolecular Hbond substituents is 2. The molecular weight excluding hydrogens is 797 g/mol. The minimum Gasteiger partial charge on any atom is -0.504 e. The lowest BCUT2D eigenvalue weighted by molar-refractivity contribution is -0.125. The molecule has 3 saturated carbocycles. The van der Waals surface area contributed by atoms with Crippen molar-refractivity contribution in [2.24, 2.45) is 28.2 Å². The number of fused-ring (bicyclic) bond motifs is 4. The maximum Gasteiger partial charge on any atom is 0.196 e. The first-order valence-electron chi connectivity index (χ1n) is 22.3. The van der Waals surface area contributed by atoms with Crippen molar-refractivity contribution in [2.75, 3.05) is 51.8 Å². The molecule has 1 spiro atoms. The van der Waals surface area contributed by atoms with Crippen LogP contribution in [0.3, 0.4) is 0 Å². The van der Waals surface area contributed by atoms with E-state index in [4.69, 9.17) is 14.2 Å². The van der Waals surface area contributed by atoms with Crippen LogP contribution in [0.4, 0.5) is 5.69 Å². The van der Waals surface area contributed by atoms with Gasteiger partial charge in [-0.2, -0.15) is 0 Å². The lowest BCUT2D eigenvalue weighted by Crippen LogP contribution is -2.43. The monoisotopic (exact) mass is 866 g/mol. The molecule has 0 saturated heterocycles. The average Bonchev–Trinajstić information content (AvgIpc) is 4.00. The van der Waals surface area contributed by atoms with Gasteiger partial charge in [0.2, 0.25) is 0 Å². The Morgan fingerprint density at radius 2 is 1.83 bits per heavy atom. The Kier molecular flexibility index (Phi) is 16.5. The highest BCUT2D eigenvalue weighted by molar-refractivity contribution is 8.76. The Bertz CT molecular complexity index is 1800. The molecule has 13 heteroatoms. The van der Waals surface area contributed by atoms with Crippen molar-refractivity contribution in [1.82, 2.24) is 10.6 Å². The normalized spacial score (nSPS) is 28.8. The number of aliphatic hydroxyl groups is 1. The molecule has 1 heterocycles. The summed E-state index contributed by atoms with van der Waals surface area (Å²) in [5.74, 6) is 3.63. The van der Waals surface area contributed by atoms with Crippen molar-refractivity contribution in [3.05, 3.63) is 53.6 Å². The van der Waals surface area contributed by atoms with E-state index in [-0.39, 0.29) is 40.5 Å². The van der Waals surface area contributed by atoms with Gasteiger partial charge in [0.15, 0.2) is 41.0 Å². The van der Waals surface area contributed by atoms with Crippen LogP contribution in [-0.4, -0.2) is 85.4 Å². The molecule has 6 atom stereocenters. The van der Waals surface area contributed by atoms with Gasteiger partial charge in [0.05, 0.1) is 18.7 Å². The first-order valence-corrected chi connectivity index (χ1v) is 24.8. The molecular formula is C47H70N4O7S2. The van der Waals surface area contributed by atoms with E-state index in [0.717, 1.165) is 100 Å². The molecule has 2 aromatic rings. The number of aliphatic imine (C=N–C) groups is 1. The summed E-state index contributed by atoms with van der Waals surface area (Å²) in [7, 11) is 10.2. The number of ether oxygens (including phenoxy) is 3. The number of nitrogens with one attached hydrogen (secondary N) is 3. The van der Waals surface area contributed by atoms with Crippen LogP contribution in [0.15, 0.2) is 47.5 Å². The fourth-order valence-electron chi connectivity index (χ4n) is 10.9. The molecule has 0 amide bonds. The maximum atomic E-state index is 15.1. The number of benzene rings is 2. The van der Waals surface area contributed by atoms with Crippen LogP contribution in [0.5, 0.6) is 23.0 Å². The molecule has 332 valence electrons. The van der Waals surface area contributed by atoms with E-state index in [1.165, 1.54) is 7.11 Å². The van der Waals surface area contributed by atoms with Crippen LogP contribution in [0.1, 0.15) is 114 Å². The number of carbonyl (C=O) groups is 1. The molecule has 2 aromatic carbocycles. The molecule has 6 N–H and O–H groups in total. The summed E-state index contributed by atoms with van der Waals surface area (Å²) in [6, 6.07) is 9.70. The fourth-order valence-corrected chi connectivity index (χ4v) is 13.2. The van der Waals surface area contributed by atoms with Gasteiger partial charge in [-0.15, -0.1) is 0 Å². The van der Waals surface area contributed by atoms with Gasteiger partial charge in [0.25, 0.3) is 0 Å². The smallest absolute Gasteiger partial charge is 0.196 e. The number of rotatable bonds is 14.